The summed E-state index contributed by atoms with van der Waals surface area (Å²) in [6.07, 6.45) is 0. The van der Waals surface area contributed by atoms with Crippen molar-refractivity contribution in [3.63, 3.8) is 0 Å². The quantitative estimate of drug-likeness (QED) is 0.362. The maximum absolute atomic E-state index is 3.56. The van der Waals surface area contributed by atoms with Crippen molar-refractivity contribution in [1.29, 1.82) is 0 Å². The fraction of sp³-hybridized carbons (Fsp3) is 0.308. The molecule has 1 nitrogen and oxygen atoms in total. The first-order chi connectivity index (χ1) is 12.6. The van der Waals surface area contributed by atoms with Crippen LogP contribution in [-0.2, 0) is 10.8 Å². The van der Waals surface area contributed by atoms with Gasteiger partial charge >= 0.3 is 0 Å². The number of fused-ring (bicyclic) bond motifs is 3. The summed E-state index contributed by atoms with van der Waals surface area (Å²) < 4.78 is 0. The normalized spacial score (nSPS) is 12.8. The van der Waals surface area contributed by atoms with Crippen LogP contribution in [0.1, 0.15) is 52.7 Å². The molecular formula is C26H29N. The molecule has 4 rings (SSSR count). The molecule has 138 valence electrons. The standard InChI is InChI=1S/C26H29N/c1-25(2,3)19-10-7-17(8-11-19)18-9-13-23-21(15-18)22-16-20(26(4,5)6)12-14-24(22)27-23/h7-16,27H,1-6H3. The van der Waals surface area contributed by atoms with E-state index < -0.39 is 0 Å². The summed E-state index contributed by atoms with van der Waals surface area (Å²) in [5.74, 6) is 0. The molecule has 0 saturated heterocycles. The van der Waals surface area contributed by atoms with Gasteiger partial charge in [-0.15, -0.1) is 0 Å². The van der Waals surface area contributed by atoms with Crippen molar-refractivity contribution >= 4 is 21.8 Å². The summed E-state index contributed by atoms with van der Waals surface area (Å²) in [5, 5.41) is 2.61. The zero-order chi connectivity index (χ0) is 19.4. The van der Waals surface area contributed by atoms with Crippen LogP contribution < -0.4 is 0 Å². The first-order valence-electron chi connectivity index (χ1n) is 9.80. The lowest BCUT2D eigenvalue weighted by Crippen LogP contribution is -2.10. The maximum Gasteiger partial charge on any atom is 0.0465 e. The topological polar surface area (TPSA) is 15.8 Å². The van der Waals surface area contributed by atoms with Gasteiger partial charge in [0.2, 0.25) is 0 Å². The molecule has 1 heteroatoms. The minimum Gasteiger partial charge on any atom is -0.355 e. The van der Waals surface area contributed by atoms with Crippen LogP contribution in [0.3, 0.4) is 0 Å². The van der Waals surface area contributed by atoms with Crippen LogP contribution in [0.15, 0.2) is 60.7 Å². The van der Waals surface area contributed by atoms with E-state index in [1.807, 2.05) is 0 Å². The molecule has 27 heavy (non-hydrogen) atoms. The molecule has 0 bridgehead atoms. The number of hydrogen-bond donors (Lipinski definition) is 1. The summed E-state index contributed by atoms with van der Waals surface area (Å²) in [6.45, 7) is 13.6. The molecular weight excluding hydrogens is 326 g/mol. The van der Waals surface area contributed by atoms with E-state index >= 15 is 0 Å². The highest BCUT2D eigenvalue weighted by Crippen LogP contribution is 2.34. The average Bonchev–Trinajstić information content (AvgIpc) is 2.97. The van der Waals surface area contributed by atoms with Crippen LogP contribution >= 0.6 is 0 Å². The summed E-state index contributed by atoms with van der Waals surface area (Å²) in [7, 11) is 0. The lowest BCUT2D eigenvalue weighted by molar-refractivity contribution is 0.590. The Morgan fingerprint density at radius 1 is 0.519 bits per heavy atom. The lowest BCUT2D eigenvalue weighted by atomic mass is 9.86. The van der Waals surface area contributed by atoms with Gasteiger partial charge in [-0.05, 0) is 57.3 Å². The van der Waals surface area contributed by atoms with Crippen LogP contribution in [0.2, 0.25) is 0 Å². The van der Waals surface area contributed by atoms with Gasteiger partial charge in [-0.2, -0.15) is 0 Å². The molecule has 1 N–H and O–H groups in total. The second kappa shape index (κ2) is 5.99. The van der Waals surface area contributed by atoms with E-state index in [-0.39, 0.29) is 10.8 Å². The van der Waals surface area contributed by atoms with Crippen LogP contribution in [0.25, 0.3) is 32.9 Å². The largest absolute Gasteiger partial charge is 0.355 e. The third kappa shape index (κ3) is 3.27. The summed E-state index contributed by atoms with van der Waals surface area (Å²) >= 11 is 0. The minimum atomic E-state index is 0.151. The van der Waals surface area contributed by atoms with Gasteiger partial charge in [0.25, 0.3) is 0 Å². The second-order valence-electron chi connectivity index (χ2n) is 9.72. The Morgan fingerprint density at radius 3 is 1.59 bits per heavy atom. The number of rotatable bonds is 1. The van der Waals surface area contributed by atoms with Crippen LogP contribution in [0, 0.1) is 0 Å². The molecule has 0 aliphatic carbocycles. The van der Waals surface area contributed by atoms with Crippen molar-refractivity contribution in [3.05, 3.63) is 71.8 Å². The SMILES string of the molecule is CC(C)(C)c1ccc(-c2ccc3[nH]c4ccc(C(C)(C)C)cc4c3c2)cc1. The van der Waals surface area contributed by atoms with E-state index in [1.165, 1.54) is 44.1 Å². The number of aromatic nitrogens is 1. The van der Waals surface area contributed by atoms with E-state index in [2.05, 4.69) is 107 Å². The average molecular weight is 356 g/mol. The minimum absolute atomic E-state index is 0.151. The van der Waals surface area contributed by atoms with Crippen molar-refractivity contribution in [2.75, 3.05) is 0 Å². The monoisotopic (exact) mass is 355 g/mol. The van der Waals surface area contributed by atoms with Gasteiger partial charge in [-0.25, -0.2) is 0 Å². The van der Waals surface area contributed by atoms with E-state index in [4.69, 9.17) is 0 Å². The number of benzene rings is 3. The molecule has 4 aromatic rings. The summed E-state index contributed by atoms with van der Waals surface area (Å²) in [5.41, 5.74) is 8.02. The molecule has 0 amide bonds. The number of hydrogen-bond acceptors (Lipinski definition) is 0. The van der Waals surface area contributed by atoms with Gasteiger partial charge < -0.3 is 4.98 Å². The van der Waals surface area contributed by atoms with Crippen molar-refractivity contribution in [2.45, 2.75) is 52.4 Å². The molecule has 0 spiro atoms. The first kappa shape index (κ1) is 17.9. The Labute approximate surface area is 162 Å². The summed E-state index contributed by atoms with van der Waals surface area (Å²) in [4.78, 5) is 3.56. The van der Waals surface area contributed by atoms with Crippen molar-refractivity contribution in [3.8, 4) is 11.1 Å². The number of aromatic amines is 1. The van der Waals surface area contributed by atoms with E-state index in [9.17, 15) is 0 Å². The molecule has 3 aromatic carbocycles. The molecule has 0 aliphatic heterocycles. The molecule has 0 fully saturated rings. The van der Waals surface area contributed by atoms with Crippen LogP contribution in [0.4, 0.5) is 0 Å². The van der Waals surface area contributed by atoms with Gasteiger partial charge in [-0.1, -0.05) is 77.9 Å². The Hall–Kier alpha value is -2.54. The van der Waals surface area contributed by atoms with E-state index in [1.54, 1.807) is 0 Å². The zero-order valence-electron chi connectivity index (χ0n) is 17.3. The highest BCUT2D eigenvalue weighted by Gasteiger charge is 2.16. The molecule has 1 heterocycles. The van der Waals surface area contributed by atoms with Gasteiger partial charge in [0.1, 0.15) is 0 Å². The molecule has 0 unspecified atom stereocenters. The first-order valence-corrected chi connectivity index (χ1v) is 9.80. The Kier molecular flexibility index (Phi) is 3.96. The molecule has 0 radical (unpaired) electrons. The number of nitrogens with one attached hydrogen (secondary N) is 1. The predicted octanol–water partition coefficient (Wildman–Crippen LogP) is 7.58. The van der Waals surface area contributed by atoms with Gasteiger partial charge in [-0.3, -0.25) is 0 Å². The molecule has 0 saturated carbocycles. The third-order valence-electron chi connectivity index (χ3n) is 5.55. The van der Waals surface area contributed by atoms with Crippen molar-refractivity contribution in [1.82, 2.24) is 4.98 Å². The molecule has 1 aromatic heterocycles. The predicted molar refractivity (Wildman–Crippen MR) is 119 cm³/mol. The highest BCUT2D eigenvalue weighted by atomic mass is 14.7. The lowest BCUT2D eigenvalue weighted by Gasteiger charge is -2.19. The van der Waals surface area contributed by atoms with Gasteiger partial charge in [0.15, 0.2) is 0 Å². The molecule has 0 atom stereocenters. The highest BCUT2D eigenvalue weighted by molar-refractivity contribution is 6.08. The second-order valence-corrected chi connectivity index (χ2v) is 9.72. The zero-order valence-corrected chi connectivity index (χ0v) is 17.3. The van der Waals surface area contributed by atoms with Gasteiger partial charge in [0.05, 0.1) is 0 Å². The Bertz CT molecular complexity index is 1110. The summed E-state index contributed by atoms with van der Waals surface area (Å²) in [6, 6.07) is 22.6. The fourth-order valence-corrected chi connectivity index (χ4v) is 3.71. The fourth-order valence-electron chi connectivity index (χ4n) is 3.71. The smallest absolute Gasteiger partial charge is 0.0465 e. The van der Waals surface area contributed by atoms with E-state index in [0.717, 1.165) is 0 Å². The van der Waals surface area contributed by atoms with E-state index in [0.29, 0.717) is 0 Å². The maximum atomic E-state index is 3.56. The van der Waals surface area contributed by atoms with Crippen molar-refractivity contribution in [2.24, 2.45) is 0 Å². The van der Waals surface area contributed by atoms with Crippen LogP contribution in [-0.4, -0.2) is 4.98 Å². The Balaban J connectivity index is 1.84. The third-order valence-corrected chi connectivity index (χ3v) is 5.55. The van der Waals surface area contributed by atoms with Crippen molar-refractivity contribution < 1.29 is 0 Å². The number of H-pyrrole nitrogens is 1. The molecule has 0 aliphatic rings. The Morgan fingerprint density at radius 2 is 1.00 bits per heavy atom. The van der Waals surface area contributed by atoms with Crippen LogP contribution in [0.5, 0.6) is 0 Å². The van der Waals surface area contributed by atoms with Gasteiger partial charge in [0, 0.05) is 21.8 Å².